The molecule has 1 aliphatic rings. The molecule has 0 aromatic heterocycles. The Morgan fingerprint density at radius 2 is 1.96 bits per heavy atom. The maximum absolute atomic E-state index is 12.2. The zero-order valence-corrected chi connectivity index (χ0v) is 14.5. The number of nitrogens with one attached hydrogen (secondary N) is 2. The molecule has 0 saturated heterocycles. The summed E-state index contributed by atoms with van der Waals surface area (Å²) in [5.74, 6) is 0.589. The number of amides is 3. The lowest BCUT2D eigenvalue weighted by molar-refractivity contribution is 0.0827. The van der Waals surface area contributed by atoms with Crippen molar-refractivity contribution < 1.29 is 9.59 Å². The number of anilines is 1. The normalized spacial score (nSPS) is 20.7. The summed E-state index contributed by atoms with van der Waals surface area (Å²) in [6.45, 7) is 4.15. The molecule has 0 spiro atoms. The minimum atomic E-state index is -0.193. The van der Waals surface area contributed by atoms with Gasteiger partial charge in [-0.2, -0.15) is 0 Å². The van der Waals surface area contributed by atoms with E-state index in [0.717, 1.165) is 24.8 Å². The van der Waals surface area contributed by atoms with Crippen LogP contribution in [-0.2, 0) is 0 Å². The Kier molecular flexibility index (Phi) is 5.64. The lowest BCUT2D eigenvalue weighted by Crippen LogP contribution is -2.40. The number of nitrogens with zero attached hydrogens (tertiary/aromatic N) is 1. The molecular formula is C18H27N3O2. The van der Waals surface area contributed by atoms with E-state index in [1.807, 2.05) is 13.0 Å². The van der Waals surface area contributed by atoms with Crippen LogP contribution in [0.2, 0.25) is 0 Å². The van der Waals surface area contributed by atoms with E-state index in [9.17, 15) is 9.59 Å². The van der Waals surface area contributed by atoms with Crippen LogP contribution in [-0.4, -0.2) is 37.0 Å². The molecule has 5 heteroatoms. The van der Waals surface area contributed by atoms with Crippen molar-refractivity contribution in [2.75, 3.05) is 19.4 Å². The predicted octanol–water partition coefficient (Wildman–Crippen LogP) is 3.40. The molecule has 3 amide bonds. The van der Waals surface area contributed by atoms with Crippen LogP contribution < -0.4 is 10.6 Å². The van der Waals surface area contributed by atoms with Gasteiger partial charge in [0.05, 0.1) is 0 Å². The van der Waals surface area contributed by atoms with E-state index in [4.69, 9.17) is 0 Å². The number of hydrogen-bond acceptors (Lipinski definition) is 2. The first-order valence-corrected chi connectivity index (χ1v) is 8.26. The number of hydrogen-bond donors (Lipinski definition) is 2. The highest BCUT2D eigenvalue weighted by Gasteiger charge is 2.20. The van der Waals surface area contributed by atoms with Gasteiger partial charge in [-0.3, -0.25) is 4.79 Å². The van der Waals surface area contributed by atoms with Gasteiger partial charge in [-0.15, -0.1) is 0 Å². The van der Waals surface area contributed by atoms with Gasteiger partial charge in [0.2, 0.25) is 0 Å². The van der Waals surface area contributed by atoms with Gasteiger partial charge in [-0.25, -0.2) is 4.79 Å². The molecule has 0 bridgehead atoms. The maximum Gasteiger partial charge on any atom is 0.319 e. The van der Waals surface area contributed by atoms with E-state index >= 15 is 0 Å². The number of rotatable bonds is 3. The topological polar surface area (TPSA) is 61.4 Å². The summed E-state index contributed by atoms with van der Waals surface area (Å²) in [6, 6.07) is 5.42. The Morgan fingerprint density at radius 1 is 1.22 bits per heavy atom. The van der Waals surface area contributed by atoms with Crippen LogP contribution in [0.4, 0.5) is 10.5 Å². The molecular weight excluding hydrogens is 290 g/mol. The van der Waals surface area contributed by atoms with Crippen molar-refractivity contribution in [2.24, 2.45) is 5.92 Å². The van der Waals surface area contributed by atoms with E-state index in [1.165, 1.54) is 11.3 Å². The lowest BCUT2D eigenvalue weighted by Gasteiger charge is -2.27. The molecule has 1 aromatic carbocycles. The molecule has 2 N–H and O–H groups in total. The van der Waals surface area contributed by atoms with E-state index in [-0.39, 0.29) is 18.0 Å². The van der Waals surface area contributed by atoms with Crippen molar-refractivity contribution in [2.45, 2.75) is 45.6 Å². The Balaban J connectivity index is 2.02. The van der Waals surface area contributed by atoms with Crippen LogP contribution in [0.3, 0.4) is 0 Å². The fraction of sp³-hybridized carbons (Fsp3) is 0.556. The van der Waals surface area contributed by atoms with E-state index in [1.54, 1.807) is 26.2 Å². The highest BCUT2D eigenvalue weighted by Crippen LogP contribution is 2.24. The van der Waals surface area contributed by atoms with Crippen LogP contribution in [0, 0.1) is 12.8 Å². The number of benzene rings is 1. The summed E-state index contributed by atoms with van der Waals surface area (Å²) in [4.78, 5) is 25.8. The fourth-order valence-corrected chi connectivity index (χ4v) is 3.06. The number of carbonyl (C=O) groups excluding carboxylic acids is 2. The summed E-state index contributed by atoms with van der Waals surface area (Å²) in [5, 5.41) is 5.94. The van der Waals surface area contributed by atoms with Crippen LogP contribution >= 0.6 is 0 Å². The average molecular weight is 317 g/mol. The van der Waals surface area contributed by atoms with Crippen LogP contribution in [0.5, 0.6) is 0 Å². The molecule has 126 valence electrons. The number of aryl methyl sites for hydroxylation is 1. The number of carbonyl (C=O) groups is 2. The molecule has 2 atom stereocenters. The lowest BCUT2D eigenvalue weighted by atomic mass is 9.87. The molecule has 23 heavy (non-hydrogen) atoms. The van der Waals surface area contributed by atoms with Gasteiger partial charge in [0.25, 0.3) is 5.91 Å². The van der Waals surface area contributed by atoms with Crippen molar-refractivity contribution >= 4 is 17.6 Å². The first-order chi connectivity index (χ1) is 10.9. The van der Waals surface area contributed by atoms with Gasteiger partial charge in [0, 0.05) is 31.4 Å². The summed E-state index contributed by atoms with van der Waals surface area (Å²) in [7, 11) is 3.43. The van der Waals surface area contributed by atoms with E-state index < -0.39 is 0 Å². The molecule has 1 fully saturated rings. The Hall–Kier alpha value is -2.04. The molecule has 0 unspecified atom stereocenters. The summed E-state index contributed by atoms with van der Waals surface area (Å²) < 4.78 is 0. The smallest absolute Gasteiger partial charge is 0.319 e. The van der Waals surface area contributed by atoms with Gasteiger partial charge in [0.15, 0.2) is 0 Å². The first kappa shape index (κ1) is 17.3. The Morgan fingerprint density at radius 3 is 2.61 bits per heavy atom. The highest BCUT2D eigenvalue weighted by molar-refractivity contribution is 5.97. The van der Waals surface area contributed by atoms with Crippen molar-refractivity contribution in [1.29, 1.82) is 0 Å². The zero-order chi connectivity index (χ0) is 17.0. The first-order valence-electron chi connectivity index (χ1n) is 8.26. The fourth-order valence-electron chi connectivity index (χ4n) is 3.06. The molecule has 0 radical (unpaired) electrons. The molecule has 1 aromatic rings. The molecule has 1 saturated carbocycles. The standard InChI is InChI=1S/C18H27N3O2/c1-12-6-5-7-15(10-12)19-18(23)20-16-11-14(9-8-13(16)2)17(22)21(3)4/h8-9,11-12,15H,5-7,10H2,1-4H3,(H2,19,20,23)/t12-,15+/m0/s1. The summed E-state index contributed by atoms with van der Waals surface area (Å²) >= 11 is 0. The molecule has 0 aliphatic heterocycles. The van der Waals surface area contributed by atoms with E-state index in [0.29, 0.717) is 17.2 Å². The van der Waals surface area contributed by atoms with Gasteiger partial charge in [0.1, 0.15) is 0 Å². The molecule has 5 nitrogen and oxygen atoms in total. The monoisotopic (exact) mass is 317 g/mol. The zero-order valence-electron chi connectivity index (χ0n) is 14.5. The van der Waals surface area contributed by atoms with Crippen molar-refractivity contribution in [1.82, 2.24) is 10.2 Å². The highest BCUT2D eigenvalue weighted by atomic mass is 16.2. The SMILES string of the molecule is Cc1ccc(C(=O)N(C)C)cc1NC(=O)N[C@@H]1CCC[C@H](C)C1. The third-order valence-electron chi connectivity index (χ3n) is 4.41. The number of urea groups is 1. The Bertz CT molecular complexity index is 584. The largest absolute Gasteiger partial charge is 0.345 e. The van der Waals surface area contributed by atoms with Crippen molar-refractivity contribution in [3.05, 3.63) is 29.3 Å². The van der Waals surface area contributed by atoms with Gasteiger partial charge < -0.3 is 15.5 Å². The van der Waals surface area contributed by atoms with Gasteiger partial charge >= 0.3 is 6.03 Å². The van der Waals surface area contributed by atoms with Gasteiger partial charge in [-0.1, -0.05) is 25.8 Å². The van der Waals surface area contributed by atoms with E-state index in [2.05, 4.69) is 17.6 Å². The summed E-state index contributed by atoms with van der Waals surface area (Å²) in [5.41, 5.74) is 2.19. The second-order valence-corrected chi connectivity index (χ2v) is 6.80. The average Bonchev–Trinajstić information content (AvgIpc) is 2.48. The molecule has 1 aliphatic carbocycles. The minimum absolute atomic E-state index is 0.0745. The van der Waals surface area contributed by atoms with Crippen molar-refractivity contribution in [3.8, 4) is 0 Å². The summed E-state index contributed by atoms with van der Waals surface area (Å²) in [6.07, 6.45) is 4.48. The van der Waals surface area contributed by atoms with Crippen molar-refractivity contribution in [3.63, 3.8) is 0 Å². The van der Waals surface area contributed by atoms with Crippen LogP contribution in [0.1, 0.15) is 48.5 Å². The third kappa shape index (κ3) is 4.71. The van der Waals surface area contributed by atoms with Crippen LogP contribution in [0.25, 0.3) is 0 Å². The predicted molar refractivity (Wildman–Crippen MR) is 92.8 cm³/mol. The minimum Gasteiger partial charge on any atom is -0.345 e. The van der Waals surface area contributed by atoms with Gasteiger partial charge in [-0.05, 0) is 43.4 Å². The second-order valence-electron chi connectivity index (χ2n) is 6.80. The second kappa shape index (κ2) is 7.49. The Labute approximate surface area is 138 Å². The quantitative estimate of drug-likeness (QED) is 0.897. The third-order valence-corrected chi connectivity index (χ3v) is 4.41. The maximum atomic E-state index is 12.2. The molecule has 2 rings (SSSR count). The van der Waals surface area contributed by atoms with Crippen LogP contribution in [0.15, 0.2) is 18.2 Å². The molecule has 0 heterocycles.